The Morgan fingerprint density at radius 3 is 2.74 bits per heavy atom. The summed E-state index contributed by atoms with van der Waals surface area (Å²) < 4.78 is 9.91. The van der Waals surface area contributed by atoms with Crippen LogP contribution < -0.4 is 5.43 Å². The third-order valence-electron chi connectivity index (χ3n) is 2.58. The molecule has 19 heavy (non-hydrogen) atoms. The van der Waals surface area contributed by atoms with Gasteiger partial charge in [-0.15, -0.1) is 0 Å². The quantitative estimate of drug-likeness (QED) is 0.321. The van der Waals surface area contributed by atoms with E-state index in [1.165, 1.54) is 19.2 Å². The number of benzene rings is 1. The molecule has 1 aromatic heterocycles. The second kappa shape index (κ2) is 5.35. The molecule has 0 N–H and O–H groups in total. The van der Waals surface area contributed by atoms with Gasteiger partial charge in [-0.05, 0) is 24.1 Å². The molecule has 0 bridgehead atoms. The maximum absolute atomic E-state index is 11.8. The van der Waals surface area contributed by atoms with E-state index in [2.05, 4.69) is 26.9 Å². The number of hydrogen-bond donors (Lipinski definition) is 0. The van der Waals surface area contributed by atoms with E-state index in [9.17, 15) is 9.59 Å². The van der Waals surface area contributed by atoms with Gasteiger partial charge in [0.1, 0.15) is 0 Å². The van der Waals surface area contributed by atoms with Crippen molar-refractivity contribution in [2.24, 2.45) is 0 Å². The average Bonchev–Trinajstić information content (AvgIpc) is 2.37. The van der Waals surface area contributed by atoms with Gasteiger partial charge in [0, 0.05) is 10.4 Å². The van der Waals surface area contributed by atoms with Crippen molar-refractivity contribution in [2.75, 3.05) is 7.11 Å². The third kappa shape index (κ3) is 2.47. The van der Waals surface area contributed by atoms with Gasteiger partial charge in [-0.1, -0.05) is 34.1 Å². The molecule has 1 atom stereocenters. The van der Waals surface area contributed by atoms with Crippen molar-refractivity contribution in [1.82, 2.24) is 0 Å². The molecule has 1 unspecified atom stereocenters. The molecule has 2 rings (SSSR count). The van der Waals surface area contributed by atoms with Crippen LogP contribution in [0.1, 0.15) is 27.7 Å². The number of esters is 1. The zero-order chi connectivity index (χ0) is 13.3. The van der Waals surface area contributed by atoms with Gasteiger partial charge < -0.3 is 13.9 Å². The van der Waals surface area contributed by atoms with Crippen LogP contribution in [0.2, 0.25) is 0 Å². The van der Waals surface area contributed by atoms with Gasteiger partial charge in [-0.2, -0.15) is 0 Å². The van der Waals surface area contributed by atoms with Crippen molar-refractivity contribution in [3.8, 4) is 0 Å². The number of carbonyl (C=O) groups excluding carboxylic acids is 1. The van der Waals surface area contributed by atoms with E-state index in [1.807, 2.05) is 6.92 Å². The molecule has 2 aromatic rings. The summed E-state index contributed by atoms with van der Waals surface area (Å²) >= 11 is 3.41. The van der Waals surface area contributed by atoms with Crippen molar-refractivity contribution in [3.05, 3.63) is 45.8 Å². The fraction of sp³-hybridized carbons (Fsp3) is 0.231. The normalized spacial score (nSPS) is 11.7. The van der Waals surface area contributed by atoms with Crippen LogP contribution in [0.3, 0.4) is 0 Å². The van der Waals surface area contributed by atoms with Gasteiger partial charge in [-0.25, -0.2) is 4.79 Å². The Morgan fingerprint density at radius 2 is 2.16 bits per heavy atom. The van der Waals surface area contributed by atoms with Gasteiger partial charge >= 0.3 is 5.97 Å². The van der Waals surface area contributed by atoms with Gasteiger partial charge in [0.25, 0.3) is 0 Å². The Morgan fingerprint density at radius 1 is 1.47 bits per heavy atom. The number of carbonyl (C=O) groups is 1. The van der Waals surface area contributed by atoms with Crippen molar-refractivity contribution >= 4 is 32.9 Å². The molecule has 4 nitrogen and oxygen atoms in total. The first kappa shape index (κ1) is 14.4. The monoisotopic (exact) mass is 561 g/mol. The van der Waals surface area contributed by atoms with Crippen molar-refractivity contribution in [1.29, 1.82) is 0 Å². The maximum Gasteiger partial charge on any atom is 0.337 e. The van der Waals surface area contributed by atoms with Crippen LogP contribution in [-0.4, -0.2) is 13.1 Å². The SMILES string of the molecule is COC(=O)c1cc(C(C)Br)c2o[c-]cc(=O)c2c1.[Es]. The van der Waals surface area contributed by atoms with Crippen LogP contribution in [0.25, 0.3) is 11.0 Å². The summed E-state index contributed by atoms with van der Waals surface area (Å²) in [5, 5.41) is 0.345. The third-order valence-corrected chi connectivity index (χ3v) is 3.08. The van der Waals surface area contributed by atoms with E-state index < -0.39 is 5.97 Å². The predicted molar refractivity (Wildman–Crippen MR) is 70.0 cm³/mol. The Bertz CT molecular complexity index is 663. The molecule has 105 valence electrons. The molecule has 6 heteroatoms. The number of halogens is 1. The first-order valence-corrected chi connectivity index (χ1v) is 6.16. The van der Waals surface area contributed by atoms with Gasteiger partial charge in [0.05, 0.1) is 18.1 Å². The fourth-order valence-electron chi connectivity index (χ4n) is 1.70. The van der Waals surface area contributed by atoms with E-state index >= 15 is 0 Å². The van der Waals surface area contributed by atoms with Crippen LogP contribution in [0.15, 0.2) is 27.4 Å². The summed E-state index contributed by atoms with van der Waals surface area (Å²) in [4.78, 5) is 23.3. The fourth-order valence-corrected chi connectivity index (χ4v) is 2.04. The molecule has 0 fully saturated rings. The largest absolute Gasteiger partial charge is 0.580 e. The molecule has 1 aromatic carbocycles. The summed E-state index contributed by atoms with van der Waals surface area (Å²) in [5.74, 6) is -0.487. The average molecular weight is 562 g/mol. The first-order chi connectivity index (χ1) is 8.54. The van der Waals surface area contributed by atoms with E-state index in [4.69, 9.17) is 4.42 Å². The molecular formula is C13H10BrEsO4-. The smallest absolute Gasteiger partial charge is 0.337 e. The Labute approximate surface area is 112 Å². The van der Waals surface area contributed by atoms with Crippen molar-refractivity contribution < 1.29 is 13.9 Å². The van der Waals surface area contributed by atoms with Gasteiger partial charge in [-0.3, -0.25) is 0 Å². The summed E-state index contributed by atoms with van der Waals surface area (Å²) in [6, 6.07) is 4.32. The topological polar surface area (TPSA) is 56.5 Å². The minimum atomic E-state index is -0.487. The minimum Gasteiger partial charge on any atom is -0.580 e. The molecule has 0 aliphatic heterocycles. The number of rotatable bonds is 2. The molecule has 1 heterocycles. The number of methoxy groups -OCH3 is 1. The zero-order valence-electron chi connectivity index (χ0n) is 10.1. The van der Waals surface area contributed by atoms with Crippen LogP contribution >= 0.6 is 15.9 Å². The molecule has 0 saturated heterocycles. The molecule has 0 aliphatic carbocycles. The van der Waals surface area contributed by atoms with Crippen molar-refractivity contribution in [3.63, 3.8) is 0 Å². The second-order valence-electron chi connectivity index (χ2n) is 3.78. The number of ether oxygens (including phenoxy) is 1. The minimum absolute atomic E-state index is 0. The van der Waals surface area contributed by atoms with Crippen LogP contribution in [0.4, 0.5) is 0 Å². The summed E-state index contributed by atoms with van der Waals surface area (Å²) in [6.45, 7) is 1.88. The molecular weight excluding hydrogens is 552 g/mol. The van der Waals surface area contributed by atoms with Crippen LogP contribution in [0, 0.1) is 6.26 Å². The van der Waals surface area contributed by atoms with Crippen LogP contribution in [-0.2, 0) is 4.74 Å². The second-order valence-corrected chi connectivity index (χ2v) is 5.15. The number of hydrogen-bond acceptors (Lipinski definition) is 4. The van der Waals surface area contributed by atoms with E-state index in [0.29, 0.717) is 22.1 Å². The number of fused-ring (bicyclic) bond motifs is 1. The predicted octanol–water partition coefficient (Wildman–Crippen LogP) is 2.84. The molecule has 0 aliphatic rings. The van der Waals surface area contributed by atoms with Crippen LogP contribution in [0.5, 0.6) is 0 Å². The number of alkyl halides is 1. The van der Waals surface area contributed by atoms with Gasteiger partial charge in [0.2, 0.25) is 0 Å². The summed E-state index contributed by atoms with van der Waals surface area (Å²) in [7, 11) is 1.30. The standard InChI is InChI=1S/C13H10BrO4.Es/c1-7(14)9-5-8(13(16)17-2)6-10-11(15)3-4-18-12(9)10;/h3,5-7H,1-2H3;/q-1;. The summed E-state index contributed by atoms with van der Waals surface area (Å²) in [6.07, 6.45) is 2.44. The van der Waals surface area contributed by atoms with Gasteiger partial charge in [0.15, 0.2) is 0 Å². The molecule has 1 radical (unpaired) electrons. The Kier molecular flexibility index (Phi) is 4.07. The summed E-state index contributed by atoms with van der Waals surface area (Å²) in [5.41, 5.74) is 1.22. The Hall–Kier alpha value is -2.62. The van der Waals surface area contributed by atoms with E-state index in [0.717, 1.165) is 0 Å². The Balaban J connectivity index is 0.00000180. The first-order valence-electron chi connectivity index (χ1n) is 5.25. The molecule has 0 amide bonds. The molecule has 0 spiro atoms. The van der Waals surface area contributed by atoms with E-state index in [-0.39, 0.29) is 10.3 Å². The maximum atomic E-state index is 11.8. The molecule has 0 saturated carbocycles. The zero-order valence-corrected chi connectivity index (χ0v) is 14.2. The van der Waals surface area contributed by atoms with E-state index in [1.54, 1.807) is 6.07 Å². The van der Waals surface area contributed by atoms with Crippen molar-refractivity contribution in [2.45, 2.75) is 11.8 Å².